The molecule has 10 heteroatoms. The van der Waals surface area contributed by atoms with E-state index in [-0.39, 0.29) is 9.79 Å². The zero-order chi connectivity index (χ0) is 25.3. The van der Waals surface area contributed by atoms with Crippen molar-refractivity contribution in [3.05, 3.63) is 118 Å². The fraction of sp³-hybridized carbons (Fsp3) is 0. The number of halogens is 2. The molecule has 0 amide bonds. The van der Waals surface area contributed by atoms with Crippen LogP contribution in [0.1, 0.15) is 11.1 Å². The maximum absolute atomic E-state index is 13.0. The summed E-state index contributed by atoms with van der Waals surface area (Å²) in [5.41, 5.74) is 5.71. The van der Waals surface area contributed by atoms with Crippen LogP contribution in [-0.4, -0.2) is 14.3 Å². The molecule has 4 aromatic carbocycles. The van der Waals surface area contributed by atoms with Gasteiger partial charge < -0.3 is 0 Å². The molecule has 0 aromatic heterocycles. The Labute approximate surface area is 218 Å². The molecule has 1 N–H and O–H groups in total. The van der Waals surface area contributed by atoms with E-state index in [0.29, 0.717) is 32.8 Å². The second kappa shape index (κ2) is 9.55. The summed E-state index contributed by atoms with van der Waals surface area (Å²) < 4.78 is 26.0. The molecule has 1 aliphatic heterocycles. The molecule has 0 saturated carbocycles. The molecule has 0 aliphatic carbocycles. The number of hydrogen-bond donors (Lipinski definition) is 1. The highest BCUT2D eigenvalue weighted by atomic mass is 35.5. The minimum atomic E-state index is -3.66. The molecule has 7 nitrogen and oxygen atoms in total. The predicted octanol–water partition coefficient (Wildman–Crippen LogP) is 5.81. The monoisotopic (exact) mass is 533 g/mol. The van der Waals surface area contributed by atoms with Crippen molar-refractivity contribution in [2.45, 2.75) is 9.79 Å². The van der Waals surface area contributed by atoms with Crippen LogP contribution in [0, 0.1) is 11.3 Å². The van der Waals surface area contributed by atoms with E-state index in [1.165, 1.54) is 12.1 Å². The minimum Gasteiger partial charge on any atom is -0.259 e. The van der Waals surface area contributed by atoms with Gasteiger partial charge in [0.1, 0.15) is 0 Å². The Balaban J connectivity index is 1.54. The Hall–Kier alpha value is -4.03. The van der Waals surface area contributed by atoms with E-state index in [9.17, 15) is 8.42 Å². The molecule has 5 rings (SSSR count). The SMILES string of the molecule is N#Cc1ccc(C2=NN(c3ccc(S(=O)(=O)c4ccccc4)cc3)N(c3cc(Cl)cc(Cl)c3)N2)cc1. The summed E-state index contributed by atoms with van der Waals surface area (Å²) in [5.74, 6) is 0.511. The summed E-state index contributed by atoms with van der Waals surface area (Å²) in [6, 6.07) is 28.8. The van der Waals surface area contributed by atoms with Crippen molar-refractivity contribution in [1.82, 2.24) is 5.43 Å². The van der Waals surface area contributed by atoms with E-state index in [2.05, 4.69) is 11.5 Å². The second-order valence-corrected chi connectivity index (χ2v) is 10.6. The first-order valence-corrected chi connectivity index (χ1v) is 12.9. The molecule has 1 aliphatic rings. The van der Waals surface area contributed by atoms with Gasteiger partial charge in [-0.05, 0) is 78.9 Å². The smallest absolute Gasteiger partial charge is 0.206 e. The summed E-state index contributed by atoms with van der Waals surface area (Å²) in [4.78, 5) is 0.384. The Morgan fingerprint density at radius 3 is 2.00 bits per heavy atom. The highest BCUT2D eigenvalue weighted by Gasteiger charge is 2.28. The van der Waals surface area contributed by atoms with Gasteiger partial charge in [0.05, 0.1) is 32.8 Å². The molecule has 0 radical (unpaired) electrons. The van der Waals surface area contributed by atoms with Crippen LogP contribution in [-0.2, 0) is 9.84 Å². The number of benzene rings is 4. The number of hydrazine groups is 2. The molecule has 4 aromatic rings. The lowest BCUT2D eigenvalue weighted by atomic mass is 10.1. The second-order valence-electron chi connectivity index (χ2n) is 7.79. The molecule has 0 bridgehead atoms. The van der Waals surface area contributed by atoms with Crippen LogP contribution in [0.25, 0.3) is 0 Å². The number of nitrogens with zero attached hydrogens (tertiary/aromatic N) is 4. The third-order valence-electron chi connectivity index (χ3n) is 5.41. The largest absolute Gasteiger partial charge is 0.259 e. The van der Waals surface area contributed by atoms with Crippen molar-refractivity contribution in [2.75, 3.05) is 10.2 Å². The molecule has 0 unspecified atom stereocenters. The molecule has 0 atom stereocenters. The van der Waals surface area contributed by atoms with Gasteiger partial charge in [0.2, 0.25) is 9.84 Å². The Morgan fingerprint density at radius 2 is 1.39 bits per heavy atom. The summed E-state index contributed by atoms with van der Waals surface area (Å²) >= 11 is 12.5. The standard InChI is InChI=1S/C26H17Cl2N5O2S/c27-20-14-21(28)16-23(15-20)33-31-26(19-8-6-18(17-29)7-9-19)30-32(33)22-10-12-25(13-11-22)36(34,35)24-4-2-1-3-5-24/h1-16H,(H,30,31). The first kappa shape index (κ1) is 23.7. The number of nitrogens with one attached hydrogen (secondary N) is 1. The lowest BCUT2D eigenvalue weighted by molar-refractivity contribution is 0.596. The third-order valence-corrected chi connectivity index (χ3v) is 7.63. The maximum atomic E-state index is 13.0. The van der Waals surface area contributed by atoms with Crippen molar-refractivity contribution in [2.24, 2.45) is 5.10 Å². The van der Waals surface area contributed by atoms with E-state index >= 15 is 0 Å². The van der Waals surface area contributed by atoms with E-state index < -0.39 is 9.84 Å². The first-order valence-electron chi connectivity index (χ1n) is 10.7. The van der Waals surface area contributed by atoms with E-state index in [1.54, 1.807) is 95.2 Å². The van der Waals surface area contributed by atoms with Crippen LogP contribution in [0.5, 0.6) is 0 Å². The fourth-order valence-electron chi connectivity index (χ4n) is 3.64. The predicted molar refractivity (Wildman–Crippen MR) is 141 cm³/mol. The van der Waals surface area contributed by atoms with Gasteiger partial charge in [-0.3, -0.25) is 5.43 Å². The van der Waals surface area contributed by atoms with Gasteiger partial charge in [0.25, 0.3) is 0 Å². The maximum Gasteiger partial charge on any atom is 0.206 e. The topological polar surface area (TPSA) is 88.8 Å². The number of sulfone groups is 1. The summed E-state index contributed by atoms with van der Waals surface area (Å²) in [7, 11) is -3.66. The normalized spacial score (nSPS) is 13.2. The van der Waals surface area contributed by atoms with Crippen LogP contribution in [0.3, 0.4) is 0 Å². The number of hydrogen-bond acceptors (Lipinski definition) is 7. The molecule has 0 fully saturated rings. The molecular formula is C26H17Cl2N5O2S. The number of anilines is 2. The zero-order valence-corrected chi connectivity index (χ0v) is 20.8. The highest BCUT2D eigenvalue weighted by Crippen LogP contribution is 2.31. The van der Waals surface area contributed by atoms with Gasteiger partial charge >= 0.3 is 0 Å². The van der Waals surface area contributed by atoms with Crippen LogP contribution in [0.4, 0.5) is 11.4 Å². The van der Waals surface area contributed by atoms with Crippen LogP contribution in [0.15, 0.2) is 112 Å². The van der Waals surface area contributed by atoms with E-state index in [0.717, 1.165) is 5.56 Å². The Kier molecular flexibility index (Phi) is 6.29. The van der Waals surface area contributed by atoms with Crippen molar-refractivity contribution in [3.63, 3.8) is 0 Å². The van der Waals surface area contributed by atoms with Gasteiger partial charge in [0, 0.05) is 15.6 Å². The van der Waals surface area contributed by atoms with Gasteiger partial charge in [-0.2, -0.15) is 15.5 Å². The quantitative estimate of drug-likeness (QED) is 0.348. The first-order chi connectivity index (χ1) is 17.3. The molecule has 0 spiro atoms. The van der Waals surface area contributed by atoms with Crippen LogP contribution >= 0.6 is 23.2 Å². The average Bonchev–Trinajstić information content (AvgIpc) is 3.34. The van der Waals surface area contributed by atoms with E-state index in [4.69, 9.17) is 33.6 Å². The van der Waals surface area contributed by atoms with E-state index in [1.807, 2.05) is 0 Å². The van der Waals surface area contributed by atoms with Crippen LogP contribution < -0.4 is 15.7 Å². The van der Waals surface area contributed by atoms with Gasteiger partial charge in [0.15, 0.2) is 5.84 Å². The average molecular weight is 534 g/mol. The summed E-state index contributed by atoms with van der Waals surface area (Å²) in [6.07, 6.45) is 0. The van der Waals surface area contributed by atoms with Crippen molar-refractivity contribution >= 4 is 50.2 Å². The Morgan fingerprint density at radius 1 is 0.778 bits per heavy atom. The lowest BCUT2D eigenvalue weighted by Gasteiger charge is -2.28. The minimum absolute atomic E-state index is 0.165. The molecular weight excluding hydrogens is 517 g/mol. The van der Waals surface area contributed by atoms with Gasteiger partial charge in [-0.1, -0.05) is 41.4 Å². The highest BCUT2D eigenvalue weighted by molar-refractivity contribution is 7.91. The van der Waals surface area contributed by atoms with Gasteiger partial charge in [-0.25, -0.2) is 8.42 Å². The van der Waals surface area contributed by atoms with Crippen molar-refractivity contribution in [3.8, 4) is 6.07 Å². The summed E-state index contributed by atoms with van der Waals surface area (Å²) in [6.45, 7) is 0. The molecule has 36 heavy (non-hydrogen) atoms. The third kappa shape index (κ3) is 4.60. The number of amidine groups is 1. The molecule has 1 heterocycles. The fourth-order valence-corrected chi connectivity index (χ4v) is 5.43. The Bertz CT molecular complexity index is 1580. The molecule has 0 saturated heterocycles. The van der Waals surface area contributed by atoms with Crippen molar-refractivity contribution < 1.29 is 8.42 Å². The lowest BCUT2D eigenvalue weighted by Crippen LogP contribution is -2.44. The number of nitriles is 1. The van der Waals surface area contributed by atoms with Gasteiger partial charge in [-0.15, -0.1) is 5.10 Å². The van der Waals surface area contributed by atoms with Crippen molar-refractivity contribution in [1.29, 1.82) is 5.26 Å². The zero-order valence-electron chi connectivity index (χ0n) is 18.5. The molecule has 178 valence electrons. The van der Waals surface area contributed by atoms with Crippen LogP contribution in [0.2, 0.25) is 10.0 Å². The number of rotatable bonds is 5. The summed E-state index contributed by atoms with van der Waals surface area (Å²) in [5, 5.41) is 17.9. The number of hydrazone groups is 1.